The van der Waals surface area contributed by atoms with E-state index in [9.17, 15) is 9.59 Å². The van der Waals surface area contributed by atoms with Crippen LogP contribution in [-0.4, -0.2) is 35.4 Å². The van der Waals surface area contributed by atoms with Crippen LogP contribution in [0.2, 0.25) is 0 Å². The number of benzene rings is 1. The molecule has 0 radical (unpaired) electrons. The van der Waals surface area contributed by atoms with E-state index in [2.05, 4.69) is 20.6 Å². The van der Waals surface area contributed by atoms with Gasteiger partial charge in [0.2, 0.25) is 5.91 Å². The molecule has 1 aliphatic rings. The van der Waals surface area contributed by atoms with Crippen LogP contribution in [-0.2, 0) is 4.79 Å². The molecule has 2 amide bonds. The Bertz CT molecular complexity index is 699. The zero-order chi connectivity index (χ0) is 14.8. The third-order valence-corrected chi connectivity index (χ3v) is 3.14. The largest absolute Gasteiger partial charge is 0.372 e. The van der Waals surface area contributed by atoms with Gasteiger partial charge in [-0.2, -0.15) is 0 Å². The van der Waals surface area contributed by atoms with Crippen molar-refractivity contribution in [1.82, 2.24) is 9.97 Å². The number of hydrogen-bond acceptors (Lipinski definition) is 5. The van der Waals surface area contributed by atoms with Crippen molar-refractivity contribution in [3.63, 3.8) is 0 Å². The molecule has 7 nitrogen and oxygen atoms in total. The van der Waals surface area contributed by atoms with Gasteiger partial charge < -0.3 is 10.6 Å². The molecule has 0 fully saturated rings. The predicted octanol–water partition coefficient (Wildman–Crippen LogP) is 1.12. The normalized spacial score (nSPS) is 13.4. The fourth-order valence-corrected chi connectivity index (χ4v) is 2.12. The van der Waals surface area contributed by atoms with Gasteiger partial charge in [0.1, 0.15) is 18.1 Å². The number of carbonyl (C=O) groups is 2. The van der Waals surface area contributed by atoms with Crippen LogP contribution in [0.5, 0.6) is 0 Å². The van der Waals surface area contributed by atoms with Crippen molar-refractivity contribution < 1.29 is 9.59 Å². The second kappa shape index (κ2) is 5.20. The Labute approximate surface area is 121 Å². The van der Waals surface area contributed by atoms with Crippen LogP contribution in [0.15, 0.2) is 36.7 Å². The highest BCUT2D eigenvalue weighted by Gasteiger charge is 2.28. The fourth-order valence-electron chi connectivity index (χ4n) is 2.12. The molecule has 21 heavy (non-hydrogen) atoms. The van der Waals surface area contributed by atoms with Crippen molar-refractivity contribution in [2.75, 3.05) is 29.1 Å². The number of hydrogen-bond donors (Lipinski definition) is 2. The smallest absolute Gasteiger partial charge is 0.279 e. The first-order chi connectivity index (χ1) is 10.2. The standard InChI is InChI=1S/C14H13N5O2/c1-15-12-7-16-10(6-17-12)14(21)19-8-13(20)18-9-4-2-3-5-11(9)19/h2-7H,8H2,1H3,(H,15,17)(H,18,20). The second-order valence-electron chi connectivity index (χ2n) is 4.49. The maximum Gasteiger partial charge on any atom is 0.279 e. The van der Waals surface area contributed by atoms with Crippen molar-refractivity contribution in [3.8, 4) is 0 Å². The summed E-state index contributed by atoms with van der Waals surface area (Å²) in [5, 5.41) is 5.57. The van der Waals surface area contributed by atoms with E-state index in [1.54, 1.807) is 25.2 Å². The maximum absolute atomic E-state index is 12.5. The zero-order valence-corrected chi connectivity index (χ0v) is 11.3. The summed E-state index contributed by atoms with van der Waals surface area (Å²) in [6.07, 6.45) is 2.87. The number of nitrogens with one attached hydrogen (secondary N) is 2. The molecule has 0 aliphatic carbocycles. The van der Waals surface area contributed by atoms with Crippen molar-refractivity contribution in [1.29, 1.82) is 0 Å². The number of fused-ring (bicyclic) bond motifs is 1. The minimum Gasteiger partial charge on any atom is -0.372 e. The number of rotatable bonds is 2. The first kappa shape index (κ1) is 13.0. The Morgan fingerprint density at radius 3 is 2.81 bits per heavy atom. The number of amides is 2. The lowest BCUT2D eigenvalue weighted by Crippen LogP contribution is -2.42. The minimum atomic E-state index is -0.354. The Morgan fingerprint density at radius 1 is 1.29 bits per heavy atom. The lowest BCUT2D eigenvalue weighted by atomic mass is 10.2. The summed E-state index contributed by atoms with van der Waals surface area (Å²) in [6, 6.07) is 7.14. The number of aromatic nitrogens is 2. The molecule has 2 aromatic rings. The summed E-state index contributed by atoms with van der Waals surface area (Å²) >= 11 is 0. The first-order valence-electron chi connectivity index (χ1n) is 6.39. The molecule has 1 aromatic heterocycles. The highest BCUT2D eigenvalue weighted by molar-refractivity contribution is 6.14. The van der Waals surface area contributed by atoms with E-state index in [1.807, 2.05) is 6.07 Å². The molecule has 0 atom stereocenters. The van der Waals surface area contributed by atoms with Crippen LogP contribution in [0.3, 0.4) is 0 Å². The molecule has 7 heteroatoms. The van der Waals surface area contributed by atoms with Gasteiger partial charge in [-0.05, 0) is 12.1 Å². The number of nitrogens with zero attached hydrogens (tertiary/aromatic N) is 3. The van der Waals surface area contributed by atoms with E-state index in [0.717, 1.165) is 0 Å². The molecule has 1 aliphatic heterocycles. The van der Waals surface area contributed by atoms with Gasteiger partial charge in [0, 0.05) is 7.05 Å². The van der Waals surface area contributed by atoms with Crippen molar-refractivity contribution in [3.05, 3.63) is 42.4 Å². The van der Waals surface area contributed by atoms with E-state index < -0.39 is 0 Å². The number of carbonyl (C=O) groups excluding carboxylic acids is 2. The third kappa shape index (κ3) is 2.40. The summed E-state index contributed by atoms with van der Waals surface area (Å²) in [4.78, 5) is 33.8. The van der Waals surface area contributed by atoms with Gasteiger partial charge in [-0.15, -0.1) is 0 Å². The van der Waals surface area contributed by atoms with Crippen LogP contribution < -0.4 is 15.5 Å². The van der Waals surface area contributed by atoms with E-state index in [0.29, 0.717) is 17.2 Å². The highest BCUT2D eigenvalue weighted by atomic mass is 16.2. The topological polar surface area (TPSA) is 87.2 Å². The van der Waals surface area contributed by atoms with Crippen LogP contribution >= 0.6 is 0 Å². The molecular weight excluding hydrogens is 270 g/mol. The van der Waals surface area contributed by atoms with E-state index in [1.165, 1.54) is 17.3 Å². The molecule has 2 heterocycles. The lowest BCUT2D eigenvalue weighted by molar-refractivity contribution is -0.115. The van der Waals surface area contributed by atoms with E-state index in [-0.39, 0.29) is 24.1 Å². The Balaban J connectivity index is 1.95. The predicted molar refractivity (Wildman–Crippen MR) is 78.3 cm³/mol. The Hall–Kier alpha value is -2.96. The fraction of sp³-hybridized carbons (Fsp3) is 0.143. The summed E-state index contributed by atoms with van der Waals surface area (Å²) in [6.45, 7) is -0.0364. The Kier molecular flexibility index (Phi) is 3.23. The quantitative estimate of drug-likeness (QED) is 0.862. The average Bonchev–Trinajstić information content (AvgIpc) is 2.53. The van der Waals surface area contributed by atoms with Crippen molar-refractivity contribution >= 4 is 29.0 Å². The molecule has 0 unspecified atom stereocenters. The Morgan fingerprint density at radius 2 is 2.10 bits per heavy atom. The molecule has 2 N–H and O–H groups in total. The molecule has 3 rings (SSSR count). The summed E-state index contributed by atoms with van der Waals surface area (Å²) in [7, 11) is 1.72. The van der Waals surface area contributed by atoms with Crippen molar-refractivity contribution in [2.24, 2.45) is 0 Å². The molecule has 0 saturated carbocycles. The van der Waals surface area contributed by atoms with Gasteiger partial charge in [-0.1, -0.05) is 12.1 Å². The van der Waals surface area contributed by atoms with Crippen LogP contribution in [0.4, 0.5) is 17.2 Å². The molecule has 0 bridgehead atoms. The summed E-state index contributed by atoms with van der Waals surface area (Å²) in [5.41, 5.74) is 1.46. The lowest BCUT2D eigenvalue weighted by Gasteiger charge is -2.28. The monoisotopic (exact) mass is 283 g/mol. The third-order valence-electron chi connectivity index (χ3n) is 3.14. The van der Waals surface area contributed by atoms with Gasteiger partial charge in [-0.3, -0.25) is 14.5 Å². The molecule has 1 aromatic carbocycles. The van der Waals surface area contributed by atoms with Gasteiger partial charge >= 0.3 is 0 Å². The van der Waals surface area contributed by atoms with E-state index >= 15 is 0 Å². The SMILES string of the molecule is CNc1cnc(C(=O)N2CC(=O)Nc3ccccc32)cn1. The van der Waals surface area contributed by atoms with E-state index in [4.69, 9.17) is 0 Å². The minimum absolute atomic E-state index is 0.0364. The first-order valence-corrected chi connectivity index (χ1v) is 6.39. The van der Waals surface area contributed by atoms with Crippen LogP contribution in [0, 0.1) is 0 Å². The average molecular weight is 283 g/mol. The summed E-state index contributed by atoms with van der Waals surface area (Å²) in [5.74, 6) is -0.0161. The highest BCUT2D eigenvalue weighted by Crippen LogP contribution is 2.29. The van der Waals surface area contributed by atoms with Crippen LogP contribution in [0.25, 0.3) is 0 Å². The summed E-state index contributed by atoms with van der Waals surface area (Å²) < 4.78 is 0. The second-order valence-corrected chi connectivity index (χ2v) is 4.49. The maximum atomic E-state index is 12.5. The number of para-hydroxylation sites is 2. The molecule has 0 spiro atoms. The zero-order valence-electron chi connectivity index (χ0n) is 11.3. The van der Waals surface area contributed by atoms with Gasteiger partial charge in [0.25, 0.3) is 5.91 Å². The van der Waals surface area contributed by atoms with Crippen molar-refractivity contribution in [2.45, 2.75) is 0 Å². The van der Waals surface area contributed by atoms with Gasteiger partial charge in [-0.25, -0.2) is 9.97 Å². The molecule has 0 saturated heterocycles. The van der Waals surface area contributed by atoms with Gasteiger partial charge in [0.05, 0.1) is 23.8 Å². The molecule has 106 valence electrons. The molecular formula is C14H13N5O2. The number of anilines is 3. The van der Waals surface area contributed by atoms with Crippen LogP contribution in [0.1, 0.15) is 10.5 Å². The van der Waals surface area contributed by atoms with Gasteiger partial charge in [0.15, 0.2) is 0 Å².